The molecular weight excluding hydrogens is 208 g/mol. The van der Waals surface area contributed by atoms with Crippen LogP contribution in [0.15, 0.2) is 53.7 Å². The summed E-state index contributed by atoms with van der Waals surface area (Å²) in [7, 11) is 0. The molecule has 0 N–H and O–H groups in total. The van der Waals surface area contributed by atoms with Crippen molar-refractivity contribution < 1.29 is 0 Å². The molecule has 0 unspecified atom stereocenters. The molecule has 0 amide bonds. The van der Waals surface area contributed by atoms with Gasteiger partial charge in [-0.05, 0) is 12.1 Å². The summed E-state index contributed by atoms with van der Waals surface area (Å²) in [6.45, 7) is 4.65. The smallest absolute Gasteiger partial charge is 0.0807 e. The summed E-state index contributed by atoms with van der Waals surface area (Å²) in [4.78, 5) is 8.44. The lowest BCUT2D eigenvalue weighted by atomic mass is 10.2. The highest BCUT2D eigenvalue weighted by atomic mass is 14.7. The molecule has 2 heteroatoms. The van der Waals surface area contributed by atoms with Gasteiger partial charge >= 0.3 is 0 Å². The zero-order valence-electron chi connectivity index (χ0n) is 10.3. The topological polar surface area (TPSA) is 25.2 Å². The second kappa shape index (κ2) is 8.22. The molecule has 1 aromatic carbocycles. The van der Waals surface area contributed by atoms with Gasteiger partial charge < -0.3 is 0 Å². The summed E-state index contributed by atoms with van der Waals surface area (Å²) in [5, 5.41) is 0. The van der Waals surface area contributed by atoms with E-state index in [9.17, 15) is 0 Å². The number of nitrogens with zero attached hydrogens (tertiary/aromatic N) is 2. The number of hydrogen-bond acceptors (Lipinski definition) is 2. The average molecular weight is 225 g/mol. The molecule has 0 saturated carbocycles. The van der Waals surface area contributed by atoms with Crippen LogP contribution in [0.25, 0.3) is 0 Å². The number of aromatic nitrogens is 1. The van der Waals surface area contributed by atoms with Gasteiger partial charge in [0.05, 0.1) is 5.69 Å². The van der Waals surface area contributed by atoms with Crippen LogP contribution in [-0.4, -0.2) is 11.2 Å². The number of benzene rings is 1. The molecule has 1 heterocycles. The van der Waals surface area contributed by atoms with Crippen molar-refractivity contribution in [3.63, 3.8) is 0 Å². The molecule has 1 aromatic heterocycles. The molecule has 0 atom stereocenters. The van der Waals surface area contributed by atoms with E-state index in [1.54, 1.807) is 12.4 Å². The van der Waals surface area contributed by atoms with Crippen LogP contribution >= 0.6 is 0 Å². The molecule has 17 heavy (non-hydrogen) atoms. The van der Waals surface area contributed by atoms with Crippen LogP contribution in [0.4, 0.5) is 0 Å². The summed E-state index contributed by atoms with van der Waals surface area (Å²) < 4.78 is 0. The molecule has 0 aliphatic carbocycles. The van der Waals surface area contributed by atoms with Gasteiger partial charge in [0.25, 0.3) is 0 Å². The van der Waals surface area contributed by atoms with Gasteiger partial charge in [0, 0.05) is 19.0 Å². The minimum atomic E-state index is 0.650. The quantitative estimate of drug-likeness (QED) is 0.579. The fraction of sp³-hybridized carbons (Fsp3) is 0.200. The Morgan fingerprint density at radius 2 is 2.00 bits per heavy atom. The molecule has 0 aliphatic heterocycles. The van der Waals surface area contributed by atoms with Crippen molar-refractivity contribution in [2.75, 3.05) is 0 Å². The molecular formula is C15H17N2-. The Morgan fingerprint density at radius 3 is 2.65 bits per heavy atom. The first-order valence-electron chi connectivity index (χ1n) is 5.81. The van der Waals surface area contributed by atoms with Crippen molar-refractivity contribution in [3.8, 4) is 0 Å². The fourth-order valence-corrected chi connectivity index (χ4v) is 1.22. The predicted octanol–water partition coefficient (Wildman–Crippen LogP) is 3.53. The van der Waals surface area contributed by atoms with E-state index >= 15 is 0 Å². The van der Waals surface area contributed by atoms with Gasteiger partial charge in [-0.25, -0.2) is 0 Å². The summed E-state index contributed by atoms with van der Waals surface area (Å²) in [5.74, 6) is 0. The molecule has 0 radical (unpaired) electrons. The van der Waals surface area contributed by atoms with E-state index < -0.39 is 0 Å². The average Bonchev–Trinajstić information content (AvgIpc) is 2.43. The van der Waals surface area contributed by atoms with Crippen LogP contribution in [0.3, 0.4) is 0 Å². The molecule has 0 bridgehead atoms. The first-order valence-corrected chi connectivity index (χ1v) is 5.81. The maximum Gasteiger partial charge on any atom is 0.0807 e. The van der Waals surface area contributed by atoms with Crippen LogP contribution in [0.1, 0.15) is 25.1 Å². The van der Waals surface area contributed by atoms with Crippen molar-refractivity contribution in [1.29, 1.82) is 0 Å². The highest BCUT2D eigenvalue weighted by Crippen LogP contribution is 1.99. The third kappa shape index (κ3) is 5.07. The molecule has 0 aliphatic rings. The van der Waals surface area contributed by atoms with Crippen LogP contribution in [0.5, 0.6) is 0 Å². The van der Waals surface area contributed by atoms with Crippen molar-refractivity contribution >= 4 is 6.21 Å². The van der Waals surface area contributed by atoms with Gasteiger partial charge in [-0.3, -0.25) is 9.98 Å². The maximum atomic E-state index is 4.29. The van der Waals surface area contributed by atoms with Gasteiger partial charge in [0.1, 0.15) is 0 Å². The third-order valence-electron chi connectivity index (χ3n) is 1.95. The van der Waals surface area contributed by atoms with Crippen molar-refractivity contribution in [1.82, 2.24) is 4.98 Å². The normalized spacial score (nSPS) is 9.76. The predicted molar refractivity (Wildman–Crippen MR) is 72.2 cm³/mol. The van der Waals surface area contributed by atoms with Gasteiger partial charge in [-0.1, -0.05) is 19.9 Å². The lowest BCUT2D eigenvalue weighted by molar-refractivity contribution is 1.07. The number of rotatable bonds is 3. The minimum absolute atomic E-state index is 0.650. The van der Waals surface area contributed by atoms with Crippen LogP contribution in [0, 0.1) is 6.07 Å². The Kier molecular flexibility index (Phi) is 6.34. The minimum Gasteiger partial charge on any atom is -0.288 e. The van der Waals surface area contributed by atoms with Gasteiger partial charge in [-0.15, -0.1) is 5.56 Å². The number of hydrogen-bond donors (Lipinski definition) is 0. The Morgan fingerprint density at radius 1 is 1.18 bits per heavy atom. The summed E-state index contributed by atoms with van der Waals surface area (Å²) >= 11 is 0. The third-order valence-corrected chi connectivity index (χ3v) is 1.95. The van der Waals surface area contributed by atoms with E-state index in [-0.39, 0.29) is 0 Å². The van der Waals surface area contributed by atoms with E-state index in [1.807, 2.05) is 56.3 Å². The van der Waals surface area contributed by atoms with Crippen molar-refractivity contribution in [2.24, 2.45) is 4.99 Å². The summed E-state index contributed by atoms with van der Waals surface area (Å²) in [5.41, 5.74) is 1.97. The molecule has 88 valence electrons. The Labute approximate surface area is 103 Å². The fourth-order valence-electron chi connectivity index (χ4n) is 1.22. The zero-order chi connectivity index (χ0) is 12.3. The highest BCUT2D eigenvalue weighted by Gasteiger charge is 1.84. The monoisotopic (exact) mass is 225 g/mol. The zero-order valence-corrected chi connectivity index (χ0v) is 10.3. The van der Waals surface area contributed by atoms with E-state index in [1.165, 1.54) is 0 Å². The van der Waals surface area contributed by atoms with E-state index in [0.717, 1.165) is 11.3 Å². The Bertz CT molecular complexity index is 421. The molecule has 0 spiro atoms. The van der Waals surface area contributed by atoms with Gasteiger partial charge in [0.2, 0.25) is 0 Å². The Hall–Kier alpha value is -1.96. The van der Waals surface area contributed by atoms with Crippen LogP contribution < -0.4 is 0 Å². The lowest BCUT2D eigenvalue weighted by Crippen LogP contribution is -1.86. The SMILES string of the molecule is CC.[c-]1ccccc1CN=Cc1ccccn1. The molecule has 2 aromatic rings. The Balaban J connectivity index is 0.000000686. The first-order chi connectivity index (χ1) is 8.45. The highest BCUT2D eigenvalue weighted by molar-refractivity contribution is 5.76. The second-order valence-electron chi connectivity index (χ2n) is 3.11. The van der Waals surface area contributed by atoms with E-state index in [4.69, 9.17) is 0 Å². The molecule has 2 rings (SSSR count). The standard InChI is InChI=1S/C13H11N2.C2H6/c1-2-6-12(7-3-1)10-14-11-13-8-4-5-9-15-13;1-2/h1-6,8-9,11H,10H2;1-2H3/q-1;. The molecule has 0 fully saturated rings. The van der Waals surface area contributed by atoms with Crippen molar-refractivity contribution in [3.05, 3.63) is 66.0 Å². The summed E-state index contributed by atoms with van der Waals surface area (Å²) in [6, 6.07) is 16.7. The van der Waals surface area contributed by atoms with E-state index in [2.05, 4.69) is 16.0 Å². The summed E-state index contributed by atoms with van der Waals surface area (Å²) in [6.07, 6.45) is 3.54. The maximum absolute atomic E-state index is 4.29. The largest absolute Gasteiger partial charge is 0.288 e. The number of pyridine rings is 1. The lowest BCUT2D eigenvalue weighted by Gasteiger charge is -2.01. The molecule has 2 nitrogen and oxygen atoms in total. The van der Waals surface area contributed by atoms with Crippen LogP contribution in [-0.2, 0) is 6.54 Å². The number of aliphatic imine (C=N–C) groups is 1. The van der Waals surface area contributed by atoms with Gasteiger partial charge in [-0.2, -0.15) is 30.3 Å². The second-order valence-corrected chi connectivity index (χ2v) is 3.11. The van der Waals surface area contributed by atoms with Gasteiger partial charge in [0.15, 0.2) is 0 Å². The van der Waals surface area contributed by atoms with E-state index in [0.29, 0.717) is 6.54 Å². The van der Waals surface area contributed by atoms with Crippen molar-refractivity contribution in [2.45, 2.75) is 20.4 Å². The van der Waals surface area contributed by atoms with Crippen LogP contribution in [0.2, 0.25) is 0 Å². The molecule has 0 saturated heterocycles. The first kappa shape index (κ1) is 13.1.